The van der Waals surface area contributed by atoms with Crippen molar-refractivity contribution in [1.82, 2.24) is 0 Å². The lowest BCUT2D eigenvalue weighted by molar-refractivity contribution is 0.368. The summed E-state index contributed by atoms with van der Waals surface area (Å²) in [5.74, 6) is 0.923. The highest BCUT2D eigenvalue weighted by Crippen LogP contribution is 2.24. The van der Waals surface area contributed by atoms with Crippen LogP contribution in [0.4, 0.5) is 23.0 Å². The molecule has 1 aromatic carbocycles. The third kappa shape index (κ3) is 7.42. The molecule has 0 aliphatic carbocycles. The van der Waals surface area contributed by atoms with Crippen LogP contribution in [0.3, 0.4) is 0 Å². The fraction of sp³-hybridized carbons (Fsp3) is 0.438. The van der Waals surface area contributed by atoms with Crippen molar-refractivity contribution in [2.45, 2.75) is 19.6 Å². The van der Waals surface area contributed by atoms with Gasteiger partial charge in [-0.25, -0.2) is 4.79 Å². The molecule has 0 aliphatic rings. The first-order valence-corrected chi connectivity index (χ1v) is 9.99. The molecule has 140 valence electrons. The normalized spacial score (nSPS) is 11.4. The monoisotopic (exact) mass is 379 g/mol. The van der Waals surface area contributed by atoms with E-state index in [0.29, 0.717) is 5.58 Å². The van der Waals surface area contributed by atoms with Crippen molar-refractivity contribution in [3.05, 3.63) is 40.2 Å². The molecule has 0 saturated carbocycles. The van der Waals surface area contributed by atoms with E-state index in [4.69, 9.17) is 4.42 Å². The van der Waals surface area contributed by atoms with Crippen LogP contribution in [0, 0.1) is 0 Å². The van der Waals surface area contributed by atoms with E-state index in [1.54, 1.807) is 6.07 Å². The predicted molar refractivity (Wildman–Crippen MR) is 99.1 cm³/mol. The molecule has 1 aromatic heterocycles. The second kappa shape index (κ2) is 9.17. The molecule has 0 aliphatic heterocycles. The minimum atomic E-state index is -6.00. The Labute approximate surface area is 147 Å². The van der Waals surface area contributed by atoms with Gasteiger partial charge in [0.1, 0.15) is 11.3 Å². The number of rotatable bonds is 5. The van der Waals surface area contributed by atoms with Gasteiger partial charge >= 0.3 is 12.9 Å². The fourth-order valence-corrected chi connectivity index (χ4v) is 3.30. The van der Waals surface area contributed by atoms with Crippen molar-refractivity contribution in [2.24, 2.45) is 0 Å². The molecule has 3 nitrogen and oxygen atoms in total. The van der Waals surface area contributed by atoms with Crippen LogP contribution in [0.2, 0.25) is 0 Å². The highest BCUT2D eigenvalue weighted by atomic mass is 32.2. The van der Waals surface area contributed by atoms with Crippen LogP contribution < -0.4 is 10.5 Å². The van der Waals surface area contributed by atoms with Crippen LogP contribution in [0.5, 0.6) is 0 Å². The summed E-state index contributed by atoms with van der Waals surface area (Å²) < 4.78 is 44.4. The second-order valence-electron chi connectivity index (χ2n) is 5.57. The number of fused-ring (bicyclic) bond motifs is 1. The Bertz CT molecular complexity index is 739. The van der Waals surface area contributed by atoms with Crippen LogP contribution in [0.25, 0.3) is 11.0 Å². The van der Waals surface area contributed by atoms with E-state index in [0.717, 1.165) is 35.5 Å². The molecule has 0 atom stereocenters. The van der Waals surface area contributed by atoms with Crippen molar-refractivity contribution in [3.63, 3.8) is 0 Å². The van der Waals surface area contributed by atoms with Crippen LogP contribution >= 0.6 is 0 Å². The molecule has 0 unspecified atom stereocenters. The van der Waals surface area contributed by atoms with Gasteiger partial charge in [-0.3, -0.25) is 0 Å². The molecule has 25 heavy (non-hydrogen) atoms. The molecule has 0 fully saturated rings. The van der Waals surface area contributed by atoms with Crippen LogP contribution in [-0.2, 0) is 16.6 Å². The Hall–Kier alpha value is -1.64. The minimum Gasteiger partial charge on any atom is -0.423 e. The molecule has 0 bridgehead atoms. The van der Waals surface area contributed by atoms with Crippen molar-refractivity contribution >= 4 is 34.8 Å². The first-order chi connectivity index (χ1) is 11.5. The number of benzene rings is 1. The molecule has 1 heterocycles. The fourth-order valence-electron chi connectivity index (χ4n) is 2.43. The highest BCUT2D eigenvalue weighted by Gasteiger charge is 2.20. The first kappa shape index (κ1) is 21.4. The van der Waals surface area contributed by atoms with Gasteiger partial charge in [-0.1, -0.05) is 0 Å². The number of hydrogen-bond acceptors (Lipinski definition) is 3. The van der Waals surface area contributed by atoms with Gasteiger partial charge in [-0.2, -0.15) is 0 Å². The maximum atomic E-state index is 11.7. The zero-order chi connectivity index (χ0) is 19.2. The number of halogens is 4. The maximum absolute atomic E-state index is 11.7. The van der Waals surface area contributed by atoms with Crippen LogP contribution in [0.1, 0.15) is 19.4 Å². The Morgan fingerprint density at radius 2 is 1.64 bits per heavy atom. The summed E-state index contributed by atoms with van der Waals surface area (Å²) in [6.07, 6.45) is 4.37. The zero-order valence-corrected chi connectivity index (χ0v) is 15.5. The average molecular weight is 379 g/mol. The van der Waals surface area contributed by atoms with Crippen molar-refractivity contribution in [1.29, 1.82) is 0 Å². The van der Waals surface area contributed by atoms with Gasteiger partial charge in [0.2, 0.25) is 0 Å². The zero-order valence-electron chi connectivity index (χ0n) is 14.7. The largest absolute Gasteiger partial charge is 0.673 e. The van der Waals surface area contributed by atoms with Gasteiger partial charge in [0.15, 0.2) is 0 Å². The summed E-state index contributed by atoms with van der Waals surface area (Å²) in [5.41, 5.74) is 2.64. The number of anilines is 1. The lowest BCUT2D eigenvalue weighted by Gasteiger charge is -2.21. The minimum absolute atomic E-state index is 0.255. The van der Waals surface area contributed by atoms with Crippen molar-refractivity contribution < 1.29 is 21.7 Å². The third-order valence-electron chi connectivity index (χ3n) is 3.39. The predicted octanol–water partition coefficient (Wildman–Crippen LogP) is 4.32. The molecule has 0 spiro atoms. The molecular formula is C16H22BF4NO2S. The van der Waals surface area contributed by atoms with Crippen molar-refractivity contribution in [3.8, 4) is 0 Å². The Morgan fingerprint density at radius 3 is 2.12 bits per heavy atom. The Morgan fingerprint density at radius 1 is 1.08 bits per heavy atom. The van der Waals surface area contributed by atoms with E-state index < -0.39 is 7.25 Å². The highest BCUT2D eigenvalue weighted by molar-refractivity contribution is 7.94. The van der Waals surface area contributed by atoms with Gasteiger partial charge in [0.05, 0.1) is 12.5 Å². The van der Waals surface area contributed by atoms with E-state index in [2.05, 4.69) is 43.4 Å². The lowest BCUT2D eigenvalue weighted by atomic mass is 10.1. The summed E-state index contributed by atoms with van der Waals surface area (Å²) in [7, 11) is -5.74. The van der Waals surface area contributed by atoms with E-state index in [1.807, 2.05) is 6.07 Å². The SMILES string of the molecule is CCN(CC)c1ccc2c(C[S+](C)C)cc(=O)oc2c1.F[B-](F)(F)F. The summed E-state index contributed by atoms with van der Waals surface area (Å²) in [5, 5.41) is 1.06. The smallest absolute Gasteiger partial charge is 0.423 e. The van der Waals surface area contributed by atoms with E-state index in [9.17, 15) is 22.1 Å². The molecule has 0 amide bonds. The topological polar surface area (TPSA) is 33.5 Å². The number of hydrogen-bond donors (Lipinski definition) is 0. The standard InChI is InChI=1S/C16H22NO2S.BF4/c1-5-17(6-2)13-7-8-14-12(11-20(3)4)9-16(18)19-15(14)10-13;2-1(3,4)5/h7-10H,5-6,11H2,1-4H3;/q+1;-1. The molecular weight excluding hydrogens is 357 g/mol. The number of nitrogens with zero attached hydrogens (tertiary/aromatic N) is 1. The maximum Gasteiger partial charge on any atom is 0.673 e. The molecule has 0 saturated heterocycles. The molecule has 0 N–H and O–H groups in total. The third-order valence-corrected chi connectivity index (χ3v) is 4.27. The summed E-state index contributed by atoms with van der Waals surface area (Å²) in [6.45, 7) is 6.14. The van der Waals surface area contributed by atoms with Gasteiger partial charge in [0.25, 0.3) is 0 Å². The Balaban J connectivity index is 0.000000550. The quantitative estimate of drug-likeness (QED) is 0.336. The first-order valence-electron chi connectivity index (χ1n) is 7.78. The van der Waals surface area contributed by atoms with Crippen LogP contribution in [0.15, 0.2) is 33.5 Å². The van der Waals surface area contributed by atoms with E-state index >= 15 is 0 Å². The van der Waals surface area contributed by atoms with E-state index in [1.165, 1.54) is 0 Å². The summed E-state index contributed by atoms with van der Waals surface area (Å²) in [6, 6.07) is 7.81. The summed E-state index contributed by atoms with van der Waals surface area (Å²) >= 11 is 0. The van der Waals surface area contributed by atoms with Gasteiger partial charge in [-0.05, 0) is 36.9 Å². The van der Waals surface area contributed by atoms with E-state index in [-0.39, 0.29) is 16.5 Å². The molecule has 2 rings (SSSR count). The van der Waals surface area contributed by atoms with Gasteiger partial charge in [-0.15, -0.1) is 0 Å². The van der Waals surface area contributed by atoms with Gasteiger partial charge in [0, 0.05) is 41.9 Å². The second-order valence-corrected chi connectivity index (χ2v) is 7.83. The van der Waals surface area contributed by atoms with Gasteiger partial charge < -0.3 is 26.6 Å². The Kier molecular flexibility index (Phi) is 7.85. The molecule has 0 radical (unpaired) electrons. The molecule has 9 heteroatoms. The summed E-state index contributed by atoms with van der Waals surface area (Å²) in [4.78, 5) is 14.0. The lowest BCUT2D eigenvalue weighted by Crippen LogP contribution is -2.21. The molecule has 2 aromatic rings. The van der Waals surface area contributed by atoms with Crippen LogP contribution in [-0.4, -0.2) is 32.9 Å². The average Bonchev–Trinajstić information content (AvgIpc) is 2.45. The van der Waals surface area contributed by atoms with Crippen molar-refractivity contribution in [2.75, 3.05) is 30.5 Å².